The van der Waals surface area contributed by atoms with Crippen LogP contribution in [-0.2, 0) is 11.8 Å². The Kier molecular flexibility index (Phi) is 4.73. The lowest BCUT2D eigenvalue weighted by Crippen LogP contribution is -2.43. The highest BCUT2D eigenvalue weighted by Crippen LogP contribution is 2.27. The number of hydrogen-bond donors (Lipinski definition) is 0. The van der Waals surface area contributed by atoms with Gasteiger partial charge in [-0.2, -0.15) is 0 Å². The predicted octanol–water partition coefficient (Wildman–Crippen LogP) is 3.19. The first-order chi connectivity index (χ1) is 12.2. The van der Waals surface area contributed by atoms with Crippen molar-refractivity contribution in [1.82, 2.24) is 14.5 Å². The minimum atomic E-state index is -0.553. The Morgan fingerprint density at radius 2 is 2.08 bits per heavy atom. The van der Waals surface area contributed by atoms with E-state index < -0.39 is 11.4 Å². The van der Waals surface area contributed by atoms with Crippen molar-refractivity contribution in [1.29, 1.82) is 0 Å². The van der Waals surface area contributed by atoms with Gasteiger partial charge < -0.3 is 9.64 Å². The van der Waals surface area contributed by atoms with Crippen LogP contribution in [0, 0.1) is 5.82 Å². The summed E-state index contributed by atoms with van der Waals surface area (Å²) in [6, 6.07) is 4.03. The number of nitrogens with zero attached hydrogens (tertiary/aromatic N) is 3. The molecule has 0 radical (unpaired) electrons. The third-order valence-corrected chi connectivity index (χ3v) is 4.51. The standard InChI is InChI=1S/C19H24FN3O3/c1-19(2,3)26-18(25)23-9-5-6-12(11-23)16-21-15-8-7-13(20)10-14(15)17(24)22(16)4/h7-8,10,12H,5-6,9,11H2,1-4H3/t12-/m1/s1. The topological polar surface area (TPSA) is 64.4 Å². The molecule has 1 amide bonds. The lowest BCUT2D eigenvalue weighted by atomic mass is 9.97. The minimum Gasteiger partial charge on any atom is -0.444 e. The second kappa shape index (κ2) is 6.70. The molecule has 1 aromatic heterocycles. The van der Waals surface area contributed by atoms with Gasteiger partial charge in [-0.15, -0.1) is 0 Å². The van der Waals surface area contributed by atoms with Gasteiger partial charge in [0.2, 0.25) is 0 Å². The van der Waals surface area contributed by atoms with Crippen LogP contribution in [0.4, 0.5) is 9.18 Å². The van der Waals surface area contributed by atoms with E-state index in [1.807, 2.05) is 20.8 Å². The molecule has 1 aliphatic rings. The Labute approximate surface area is 151 Å². The SMILES string of the molecule is Cn1c([C@@H]2CCCN(C(=O)OC(C)(C)C)C2)nc2ccc(F)cc2c1=O. The van der Waals surface area contributed by atoms with E-state index in [9.17, 15) is 14.0 Å². The zero-order chi connectivity index (χ0) is 19.1. The average Bonchev–Trinajstić information content (AvgIpc) is 2.57. The molecular formula is C19H24FN3O3. The van der Waals surface area contributed by atoms with Crippen LogP contribution in [0.15, 0.2) is 23.0 Å². The summed E-state index contributed by atoms with van der Waals surface area (Å²) in [6.45, 7) is 6.57. The fourth-order valence-corrected chi connectivity index (χ4v) is 3.31. The molecule has 3 rings (SSSR count). The van der Waals surface area contributed by atoms with Crippen LogP contribution in [0.1, 0.15) is 45.4 Å². The number of hydrogen-bond acceptors (Lipinski definition) is 4. The maximum Gasteiger partial charge on any atom is 0.410 e. The molecule has 26 heavy (non-hydrogen) atoms. The molecule has 0 saturated carbocycles. The quantitative estimate of drug-likeness (QED) is 0.782. The molecule has 0 N–H and O–H groups in total. The smallest absolute Gasteiger partial charge is 0.410 e. The molecule has 0 aliphatic carbocycles. The first kappa shape index (κ1) is 18.4. The Hall–Kier alpha value is -2.44. The molecule has 2 aromatic rings. The summed E-state index contributed by atoms with van der Waals surface area (Å²) in [4.78, 5) is 31.2. The van der Waals surface area contributed by atoms with Gasteiger partial charge in [0.25, 0.3) is 5.56 Å². The lowest BCUT2D eigenvalue weighted by Gasteiger charge is -2.34. The summed E-state index contributed by atoms with van der Waals surface area (Å²) >= 11 is 0. The van der Waals surface area contributed by atoms with E-state index in [-0.39, 0.29) is 23.0 Å². The van der Waals surface area contributed by atoms with E-state index in [0.717, 1.165) is 12.8 Å². The largest absolute Gasteiger partial charge is 0.444 e. The number of halogens is 1. The predicted molar refractivity (Wildman–Crippen MR) is 96.7 cm³/mol. The van der Waals surface area contributed by atoms with Crippen molar-refractivity contribution in [2.24, 2.45) is 7.05 Å². The van der Waals surface area contributed by atoms with Crippen LogP contribution in [0.5, 0.6) is 0 Å². The summed E-state index contributed by atoms with van der Waals surface area (Å²) in [5.41, 5.74) is -0.361. The summed E-state index contributed by atoms with van der Waals surface area (Å²) < 4.78 is 20.4. The number of aromatic nitrogens is 2. The number of ether oxygens (including phenoxy) is 1. The van der Waals surface area contributed by atoms with E-state index in [0.29, 0.717) is 24.4 Å². The summed E-state index contributed by atoms with van der Waals surface area (Å²) in [7, 11) is 1.64. The first-order valence-corrected chi connectivity index (χ1v) is 8.80. The second-order valence-electron chi connectivity index (χ2n) is 7.76. The van der Waals surface area contributed by atoms with Gasteiger partial charge >= 0.3 is 6.09 Å². The molecule has 2 heterocycles. The highest BCUT2D eigenvalue weighted by Gasteiger charge is 2.30. The monoisotopic (exact) mass is 361 g/mol. The van der Waals surface area contributed by atoms with Crippen LogP contribution in [0.2, 0.25) is 0 Å². The molecule has 7 heteroatoms. The molecule has 140 valence electrons. The Morgan fingerprint density at radius 3 is 2.77 bits per heavy atom. The Morgan fingerprint density at radius 1 is 1.35 bits per heavy atom. The highest BCUT2D eigenvalue weighted by atomic mass is 19.1. The number of amides is 1. The van der Waals surface area contributed by atoms with Crippen molar-refractivity contribution in [3.8, 4) is 0 Å². The number of carbonyl (C=O) groups excluding carboxylic acids is 1. The van der Waals surface area contributed by atoms with Crippen LogP contribution >= 0.6 is 0 Å². The third kappa shape index (κ3) is 3.71. The summed E-state index contributed by atoms with van der Waals surface area (Å²) in [6.07, 6.45) is 1.28. The van der Waals surface area contributed by atoms with Gasteiger partial charge in [0.1, 0.15) is 17.2 Å². The third-order valence-electron chi connectivity index (χ3n) is 4.51. The molecule has 1 fully saturated rings. The van der Waals surface area contributed by atoms with Crippen molar-refractivity contribution in [3.63, 3.8) is 0 Å². The van der Waals surface area contributed by atoms with Gasteiger partial charge in [0, 0.05) is 26.1 Å². The second-order valence-corrected chi connectivity index (χ2v) is 7.76. The van der Waals surface area contributed by atoms with E-state index in [4.69, 9.17) is 4.74 Å². The molecule has 1 saturated heterocycles. The van der Waals surface area contributed by atoms with Crippen molar-refractivity contribution in [2.75, 3.05) is 13.1 Å². The molecular weight excluding hydrogens is 337 g/mol. The number of carbonyl (C=O) groups is 1. The van der Waals surface area contributed by atoms with E-state index >= 15 is 0 Å². The van der Waals surface area contributed by atoms with Crippen molar-refractivity contribution in [2.45, 2.75) is 45.1 Å². The molecule has 6 nitrogen and oxygen atoms in total. The van der Waals surface area contributed by atoms with Gasteiger partial charge in [-0.05, 0) is 51.8 Å². The highest BCUT2D eigenvalue weighted by molar-refractivity contribution is 5.77. The minimum absolute atomic E-state index is 0.0663. The maximum absolute atomic E-state index is 13.4. The fourth-order valence-electron chi connectivity index (χ4n) is 3.31. The van der Waals surface area contributed by atoms with Crippen LogP contribution < -0.4 is 5.56 Å². The fraction of sp³-hybridized carbons (Fsp3) is 0.526. The first-order valence-electron chi connectivity index (χ1n) is 8.80. The normalized spacial score (nSPS) is 18.2. The zero-order valence-electron chi connectivity index (χ0n) is 15.6. The zero-order valence-corrected chi connectivity index (χ0v) is 15.6. The number of likely N-dealkylation sites (tertiary alicyclic amines) is 1. The van der Waals surface area contributed by atoms with E-state index in [2.05, 4.69) is 4.98 Å². The average molecular weight is 361 g/mol. The van der Waals surface area contributed by atoms with Crippen LogP contribution in [-0.4, -0.2) is 39.2 Å². The molecule has 1 atom stereocenters. The van der Waals surface area contributed by atoms with E-state index in [1.54, 1.807) is 11.9 Å². The number of benzene rings is 1. The lowest BCUT2D eigenvalue weighted by molar-refractivity contribution is 0.0195. The number of piperidine rings is 1. The molecule has 1 aliphatic heterocycles. The molecule has 0 spiro atoms. The van der Waals surface area contributed by atoms with Crippen molar-refractivity contribution >= 4 is 17.0 Å². The van der Waals surface area contributed by atoms with Gasteiger partial charge in [-0.25, -0.2) is 14.2 Å². The maximum atomic E-state index is 13.4. The van der Waals surface area contributed by atoms with Gasteiger partial charge in [0.15, 0.2) is 0 Å². The Balaban J connectivity index is 1.91. The molecule has 1 aromatic carbocycles. The van der Waals surface area contributed by atoms with Crippen molar-refractivity contribution < 1.29 is 13.9 Å². The van der Waals surface area contributed by atoms with Crippen molar-refractivity contribution in [3.05, 3.63) is 40.2 Å². The van der Waals surface area contributed by atoms with Crippen LogP contribution in [0.3, 0.4) is 0 Å². The summed E-state index contributed by atoms with van der Waals surface area (Å²) in [5.74, 6) is 0.0868. The number of rotatable bonds is 1. The van der Waals surface area contributed by atoms with E-state index in [1.165, 1.54) is 22.8 Å². The number of fused-ring (bicyclic) bond motifs is 1. The summed E-state index contributed by atoms with van der Waals surface area (Å²) in [5, 5.41) is 0.260. The molecule has 0 unspecified atom stereocenters. The van der Waals surface area contributed by atoms with Gasteiger partial charge in [-0.1, -0.05) is 0 Å². The van der Waals surface area contributed by atoms with Gasteiger partial charge in [0.05, 0.1) is 10.9 Å². The van der Waals surface area contributed by atoms with Gasteiger partial charge in [-0.3, -0.25) is 9.36 Å². The molecule has 0 bridgehead atoms. The van der Waals surface area contributed by atoms with Crippen LogP contribution in [0.25, 0.3) is 10.9 Å². The Bertz CT molecular complexity index is 901.